The molecule has 1 aliphatic rings. The van der Waals surface area contributed by atoms with Crippen LogP contribution >= 0.6 is 0 Å². The number of imidazole rings is 1. The minimum Gasteiger partial charge on any atom is -0.324 e. The predicted molar refractivity (Wildman–Crippen MR) is 76.3 cm³/mol. The van der Waals surface area contributed by atoms with Gasteiger partial charge in [-0.1, -0.05) is 6.07 Å². The van der Waals surface area contributed by atoms with Gasteiger partial charge in [-0.25, -0.2) is 4.79 Å². The van der Waals surface area contributed by atoms with Gasteiger partial charge in [0.15, 0.2) is 0 Å². The van der Waals surface area contributed by atoms with Gasteiger partial charge in [-0.3, -0.25) is 0 Å². The Bertz CT molecular complexity index is 638. The van der Waals surface area contributed by atoms with Crippen LogP contribution in [0.4, 0.5) is 0 Å². The number of nitrogens with zero attached hydrogens (tertiary/aromatic N) is 1. The van der Waals surface area contributed by atoms with E-state index in [-0.39, 0.29) is 11.2 Å². The molecule has 3 rings (SSSR count). The number of H-pyrrole nitrogens is 2. The summed E-state index contributed by atoms with van der Waals surface area (Å²) in [5, 5.41) is 0. The van der Waals surface area contributed by atoms with Gasteiger partial charge in [0.1, 0.15) is 0 Å². The monoisotopic (exact) mass is 260 g/mol. The second kappa shape index (κ2) is 4.51. The first kappa shape index (κ1) is 12.4. The highest BCUT2D eigenvalue weighted by molar-refractivity contribution is 5.74. The molecule has 4 N–H and O–H groups in total. The van der Waals surface area contributed by atoms with Crippen molar-refractivity contribution in [1.82, 2.24) is 14.9 Å². The molecule has 0 saturated heterocycles. The van der Waals surface area contributed by atoms with Crippen molar-refractivity contribution in [3.05, 3.63) is 34.2 Å². The van der Waals surface area contributed by atoms with E-state index in [9.17, 15) is 4.79 Å². The fourth-order valence-corrected chi connectivity index (χ4v) is 2.49. The van der Waals surface area contributed by atoms with Crippen molar-refractivity contribution >= 4 is 11.0 Å². The van der Waals surface area contributed by atoms with E-state index in [4.69, 9.17) is 5.73 Å². The van der Waals surface area contributed by atoms with Crippen LogP contribution in [0.2, 0.25) is 0 Å². The Labute approximate surface area is 111 Å². The first-order chi connectivity index (χ1) is 9.04. The number of fused-ring (bicyclic) bond motifs is 1. The fraction of sp³-hybridized carbons (Fsp3) is 0.500. The van der Waals surface area contributed by atoms with Gasteiger partial charge >= 0.3 is 5.69 Å². The lowest BCUT2D eigenvalue weighted by Gasteiger charge is -2.20. The van der Waals surface area contributed by atoms with Gasteiger partial charge in [-0.05, 0) is 44.0 Å². The van der Waals surface area contributed by atoms with E-state index in [0.29, 0.717) is 0 Å². The van der Waals surface area contributed by atoms with Gasteiger partial charge in [0.05, 0.1) is 11.0 Å². The standard InChI is InChI=1S/C14H20N4O/c1-18(9-14(15)5-6-14)7-4-10-2-3-11-12(8-10)17-13(19)16-11/h2-3,8H,4-7,9,15H2,1H3,(H2,16,17,19). The van der Waals surface area contributed by atoms with Crippen LogP contribution in [0, 0.1) is 0 Å². The number of aromatic nitrogens is 2. The van der Waals surface area contributed by atoms with Crippen LogP contribution in [0.25, 0.3) is 11.0 Å². The van der Waals surface area contributed by atoms with Crippen LogP contribution in [0.5, 0.6) is 0 Å². The Balaban J connectivity index is 1.62. The van der Waals surface area contributed by atoms with E-state index < -0.39 is 0 Å². The van der Waals surface area contributed by atoms with Crippen molar-refractivity contribution in [1.29, 1.82) is 0 Å². The highest BCUT2D eigenvalue weighted by Crippen LogP contribution is 2.32. The second-order valence-electron chi connectivity index (χ2n) is 5.81. The van der Waals surface area contributed by atoms with E-state index >= 15 is 0 Å². The normalized spacial score (nSPS) is 17.2. The number of hydrogen-bond donors (Lipinski definition) is 3. The summed E-state index contributed by atoms with van der Waals surface area (Å²) >= 11 is 0. The average molecular weight is 260 g/mol. The van der Waals surface area contributed by atoms with Gasteiger partial charge < -0.3 is 20.6 Å². The molecule has 0 aliphatic heterocycles. The van der Waals surface area contributed by atoms with E-state index in [1.807, 2.05) is 12.1 Å². The Hall–Kier alpha value is -1.59. The summed E-state index contributed by atoms with van der Waals surface area (Å²) in [6.45, 7) is 1.95. The molecule has 19 heavy (non-hydrogen) atoms. The quantitative estimate of drug-likeness (QED) is 0.745. The zero-order valence-corrected chi connectivity index (χ0v) is 11.2. The lowest BCUT2D eigenvalue weighted by Crippen LogP contribution is -2.38. The molecule has 1 aromatic carbocycles. The van der Waals surface area contributed by atoms with E-state index in [1.54, 1.807) is 0 Å². The number of nitrogens with one attached hydrogen (secondary N) is 2. The Kier molecular flexibility index (Phi) is 2.95. The molecule has 102 valence electrons. The molecular formula is C14H20N4O. The predicted octanol–water partition coefficient (Wildman–Crippen LogP) is 0.822. The molecule has 0 amide bonds. The topological polar surface area (TPSA) is 77.9 Å². The Morgan fingerprint density at radius 2 is 2.05 bits per heavy atom. The maximum absolute atomic E-state index is 11.2. The maximum atomic E-state index is 11.2. The SMILES string of the molecule is CN(CCc1ccc2[nH]c(=O)[nH]c2c1)CC1(N)CC1. The molecule has 1 aromatic heterocycles. The van der Waals surface area contributed by atoms with E-state index in [2.05, 4.69) is 28.0 Å². The molecule has 0 radical (unpaired) electrons. The van der Waals surface area contributed by atoms with Crippen LogP contribution in [-0.4, -0.2) is 40.5 Å². The van der Waals surface area contributed by atoms with Crippen molar-refractivity contribution < 1.29 is 0 Å². The summed E-state index contributed by atoms with van der Waals surface area (Å²) in [6, 6.07) is 6.06. The van der Waals surface area contributed by atoms with Gasteiger partial charge in [0.2, 0.25) is 0 Å². The molecule has 0 unspecified atom stereocenters. The third kappa shape index (κ3) is 2.88. The van der Waals surface area contributed by atoms with Crippen LogP contribution in [0.1, 0.15) is 18.4 Å². The summed E-state index contributed by atoms with van der Waals surface area (Å²) < 4.78 is 0. The first-order valence-corrected chi connectivity index (χ1v) is 6.72. The first-order valence-electron chi connectivity index (χ1n) is 6.72. The number of aromatic amines is 2. The summed E-state index contributed by atoms with van der Waals surface area (Å²) in [4.78, 5) is 19.0. The van der Waals surface area contributed by atoms with Gasteiger partial charge in [-0.15, -0.1) is 0 Å². The van der Waals surface area contributed by atoms with Crippen LogP contribution < -0.4 is 11.4 Å². The van der Waals surface area contributed by atoms with Crippen molar-refractivity contribution in [3.8, 4) is 0 Å². The average Bonchev–Trinajstić information content (AvgIpc) is 2.95. The molecule has 0 spiro atoms. The molecular weight excluding hydrogens is 240 g/mol. The maximum Gasteiger partial charge on any atom is 0.323 e. The number of hydrogen-bond acceptors (Lipinski definition) is 3. The summed E-state index contributed by atoms with van der Waals surface area (Å²) in [5.74, 6) is 0. The minimum absolute atomic E-state index is 0.0740. The molecule has 1 fully saturated rings. The molecule has 5 heteroatoms. The fourth-order valence-electron chi connectivity index (χ4n) is 2.49. The molecule has 1 saturated carbocycles. The van der Waals surface area contributed by atoms with Crippen molar-refractivity contribution in [2.24, 2.45) is 5.73 Å². The molecule has 1 aliphatic carbocycles. The zero-order chi connectivity index (χ0) is 13.5. The number of benzene rings is 1. The molecule has 0 bridgehead atoms. The summed E-state index contributed by atoms with van der Waals surface area (Å²) in [6.07, 6.45) is 3.26. The Morgan fingerprint density at radius 3 is 2.79 bits per heavy atom. The molecule has 0 atom stereocenters. The van der Waals surface area contributed by atoms with E-state index in [0.717, 1.165) is 43.4 Å². The van der Waals surface area contributed by atoms with E-state index in [1.165, 1.54) is 5.56 Å². The van der Waals surface area contributed by atoms with Crippen molar-refractivity contribution in [2.45, 2.75) is 24.8 Å². The molecule has 1 heterocycles. The number of likely N-dealkylation sites (N-methyl/N-ethyl adjacent to an activating group) is 1. The number of nitrogens with two attached hydrogens (primary N) is 1. The highest BCUT2D eigenvalue weighted by atomic mass is 16.1. The lowest BCUT2D eigenvalue weighted by molar-refractivity contribution is 0.306. The number of rotatable bonds is 5. The van der Waals surface area contributed by atoms with Crippen molar-refractivity contribution in [3.63, 3.8) is 0 Å². The third-order valence-corrected chi connectivity index (χ3v) is 3.84. The Morgan fingerprint density at radius 1 is 1.32 bits per heavy atom. The minimum atomic E-state index is -0.150. The summed E-state index contributed by atoms with van der Waals surface area (Å²) in [7, 11) is 2.11. The van der Waals surface area contributed by atoms with Crippen LogP contribution in [0.3, 0.4) is 0 Å². The van der Waals surface area contributed by atoms with Crippen LogP contribution in [0.15, 0.2) is 23.0 Å². The van der Waals surface area contributed by atoms with Gasteiger partial charge in [-0.2, -0.15) is 0 Å². The lowest BCUT2D eigenvalue weighted by atomic mass is 10.1. The second-order valence-corrected chi connectivity index (χ2v) is 5.81. The zero-order valence-electron chi connectivity index (χ0n) is 11.2. The smallest absolute Gasteiger partial charge is 0.323 e. The van der Waals surface area contributed by atoms with Gasteiger partial charge in [0, 0.05) is 18.6 Å². The largest absolute Gasteiger partial charge is 0.324 e. The highest BCUT2D eigenvalue weighted by Gasteiger charge is 2.38. The van der Waals surface area contributed by atoms with Crippen molar-refractivity contribution in [2.75, 3.05) is 20.1 Å². The van der Waals surface area contributed by atoms with Gasteiger partial charge in [0.25, 0.3) is 0 Å². The summed E-state index contributed by atoms with van der Waals surface area (Å²) in [5.41, 5.74) is 9.00. The van der Waals surface area contributed by atoms with Crippen LogP contribution in [-0.2, 0) is 6.42 Å². The molecule has 5 nitrogen and oxygen atoms in total. The third-order valence-electron chi connectivity index (χ3n) is 3.84. The molecule has 2 aromatic rings.